The number of amides is 1. The Kier molecular flexibility index (Phi) is 4.47. The van der Waals surface area contributed by atoms with Crippen LogP contribution in [0.25, 0.3) is 5.69 Å². The number of hydrogen-bond acceptors (Lipinski definition) is 3. The van der Waals surface area contributed by atoms with Gasteiger partial charge in [0.25, 0.3) is 5.91 Å². The maximum atomic E-state index is 13.1. The molecule has 5 heteroatoms. The first-order valence-corrected chi connectivity index (χ1v) is 9.24. The number of ether oxygens (including phenoxy) is 1. The van der Waals surface area contributed by atoms with Gasteiger partial charge in [0.15, 0.2) is 11.4 Å². The molecule has 1 aromatic heterocycles. The number of methoxy groups -OCH3 is 1. The molecule has 132 valence electrons. The van der Waals surface area contributed by atoms with Gasteiger partial charge in [-0.2, -0.15) is 5.10 Å². The second-order valence-corrected chi connectivity index (χ2v) is 7.17. The second-order valence-electron chi connectivity index (χ2n) is 7.17. The highest BCUT2D eigenvalue weighted by Gasteiger charge is 2.34. The van der Waals surface area contributed by atoms with Gasteiger partial charge in [-0.3, -0.25) is 4.79 Å². The van der Waals surface area contributed by atoms with Gasteiger partial charge in [-0.1, -0.05) is 37.5 Å². The van der Waals surface area contributed by atoms with E-state index >= 15 is 0 Å². The minimum Gasteiger partial charge on any atom is -0.493 e. The SMILES string of the molecule is COc1cn(-c2ccccc2)nc1C(=O)N1CC[C@H]2CCCC[C@H]2C1. The fourth-order valence-electron chi connectivity index (χ4n) is 4.30. The predicted molar refractivity (Wildman–Crippen MR) is 96.1 cm³/mol. The summed E-state index contributed by atoms with van der Waals surface area (Å²) in [5.41, 5.74) is 1.34. The third kappa shape index (κ3) is 3.15. The molecule has 0 spiro atoms. The lowest BCUT2D eigenvalue weighted by molar-refractivity contribution is 0.0512. The highest BCUT2D eigenvalue weighted by Crippen LogP contribution is 2.36. The number of fused-ring (bicyclic) bond motifs is 1. The van der Waals surface area contributed by atoms with E-state index in [-0.39, 0.29) is 5.91 Å². The standard InChI is InChI=1S/C20H25N3O2/c1-25-18-14-23(17-9-3-2-4-10-17)21-19(18)20(24)22-12-11-15-7-5-6-8-16(15)13-22/h2-4,9-10,14-16H,5-8,11-13H2,1H3/t15-,16+/m1/s1. The fourth-order valence-corrected chi connectivity index (χ4v) is 4.30. The Morgan fingerprint density at radius 1 is 1.12 bits per heavy atom. The van der Waals surface area contributed by atoms with Crippen molar-refractivity contribution in [2.75, 3.05) is 20.2 Å². The average Bonchev–Trinajstić information content (AvgIpc) is 3.12. The number of para-hydroxylation sites is 1. The molecule has 5 nitrogen and oxygen atoms in total. The summed E-state index contributed by atoms with van der Waals surface area (Å²) in [6.45, 7) is 1.70. The molecule has 1 aliphatic carbocycles. The number of carbonyl (C=O) groups excluding carboxylic acids is 1. The third-order valence-corrected chi connectivity index (χ3v) is 5.70. The van der Waals surface area contributed by atoms with Crippen LogP contribution in [0.3, 0.4) is 0 Å². The Balaban J connectivity index is 1.56. The van der Waals surface area contributed by atoms with Gasteiger partial charge < -0.3 is 9.64 Å². The van der Waals surface area contributed by atoms with E-state index in [9.17, 15) is 4.79 Å². The zero-order chi connectivity index (χ0) is 17.2. The molecule has 1 amide bonds. The van der Waals surface area contributed by atoms with Crippen molar-refractivity contribution in [3.8, 4) is 11.4 Å². The van der Waals surface area contributed by atoms with Crippen LogP contribution in [0.4, 0.5) is 0 Å². The molecule has 0 bridgehead atoms. The first-order valence-electron chi connectivity index (χ1n) is 9.24. The van der Waals surface area contributed by atoms with Crippen molar-refractivity contribution in [2.24, 2.45) is 11.8 Å². The molecule has 2 fully saturated rings. The fraction of sp³-hybridized carbons (Fsp3) is 0.500. The summed E-state index contributed by atoms with van der Waals surface area (Å²) in [7, 11) is 1.59. The Labute approximate surface area is 148 Å². The van der Waals surface area contributed by atoms with Crippen LogP contribution >= 0.6 is 0 Å². The monoisotopic (exact) mass is 339 g/mol. The number of likely N-dealkylation sites (tertiary alicyclic amines) is 1. The Bertz CT molecular complexity index is 741. The minimum atomic E-state index is -0.00412. The summed E-state index contributed by atoms with van der Waals surface area (Å²) in [5.74, 6) is 2.01. The van der Waals surface area contributed by atoms with Crippen LogP contribution in [0.5, 0.6) is 5.75 Å². The zero-order valence-corrected chi connectivity index (χ0v) is 14.7. The van der Waals surface area contributed by atoms with Gasteiger partial charge in [0, 0.05) is 13.1 Å². The molecule has 1 aliphatic heterocycles. The second kappa shape index (κ2) is 6.90. The molecule has 2 atom stereocenters. The van der Waals surface area contributed by atoms with Gasteiger partial charge in [0.05, 0.1) is 19.0 Å². The topological polar surface area (TPSA) is 47.4 Å². The Morgan fingerprint density at radius 3 is 2.64 bits per heavy atom. The molecule has 1 saturated heterocycles. The van der Waals surface area contributed by atoms with Crippen LogP contribution in [0, 0.1) is 11.8 Å². The van der Waals surface area contributed by atoms with Gasteiger partial charge >= 0.3 is 0 Å². The first-order chi connectivity index (χ1) is 12.3. The van der Waals surface area contributed by atoms with Crippen LogP contribution in [0.15, 0.2) is 36.5 Å². The summed E-state index contributed by atoms with van der Waals surface area (Å²) >= 11 is 0. The highest BCUT2D eigenvalue weighted by molar-refractivity contribution is 5.95. The first kappa shape index (κ1) is 16.2. The van der Waals surface area contributed by atoms with Crippen molar-refractivity contribution < 1.29 is 9.53 Å². The smallest absolute Gasteiger partial charge is 0.278 e. The summed E-state index contributed by atoms with van der Waals surface area (Å²) in [4.78, 5) is 15.0. The maximum absolute atomic E-state index is 13.1. The zero-order valence-electron chi connectivity index (χ0n) is 14.7. The van der Waals surface area contributed by atoms with Crippen molar-refractivity contribution in [3.63, 3.8) is 0 Å². The summed E-state index contributed by atoms with van der Waals surface area (Å²) in [6.07, 6.45) is 8.15. The molecule has 0 N–H and O–H groups in total. The number of carbonyl (C=O) groups is 1. The molecule has 25 heavy (non-hydrogen) atoms. The lowest BCUT2D eigenvalue weighted by Crippen LogP contribution is -2.45. The number of nitrogens with zero attached hydrogens (tertiary/aromatic N) is 3. The van der Waals surface area contributed by atoms with Crippen LogP contribution in [0.1, 0.15) is 42.6 Å². The summed E-state index contributed by atoms with van der Waals surface area (Å²) in [6, 6.07) is 9.81. The van der Waals surface area contributed by atoms with E-state index < -0.39 is 0 Å². The summed E-state index contributed by atoms with van der Waals surface area (Å²) < 4.78 is 7.16. The molecule has 2 aliphatic rings. The van der Waals surface area contributed by atoms with E-state index in [4.69, 9.17) is 4.74 Å². The van der Waals surface area contributed by atoms with Crippen LogP contribution < -0.4 is 4.74 Å². The van der Waals surface area contributed by atoms with Crippen molar-refractivity contribution in [1.82, 2.24) is 14.7 Å². The molecular formula is C20H25N3O2. The molecule has 2 heterocycles. The quantitative estimate of drug-likeness (QED) is 0.859. The van der Waals surface area contributed by atoms with Gasteiger partial charge in [0.1, 0.15) is 0 Å². The predicted octanol–water partition coefficient (Wildman–Crippen LogP) is 3.53. The average molecular weight is 339 g/mol. The molecular weight excluding hydrogens is 314 g/mol. The molecule has 1 saturated carbocycles. The number of aromatic nitrogens is 2. The summed E-state index contributed by atoms with van der Waals surface area (Å²) in [5, 5.41) is 4.53. The van der Waals surface area contributed by atoms with Crippen LogP contribution in [0.2, 0.25) is 0 Å². The Hall–Kier alpha value is -2.30. The lowest BCUT2D eigenvalue weighted by atomic mass is 9.75. The molecule has 1 aromatic carbocycles. The van der Waals surface area contributed by atoms with Crippen LogP contribution in [-0.4, -0.2) is 40.8 Å². The van der Waals surface area contributed by atoms with Gasteiger partial charge in [-0.25, -0.2) is 4.68 Å². The maximum Gasteiger partial charge on any atom is 0.278 e. The van der Waals surface area contributed by atoms with Gasteiger partial charge in [-0.15, -0.1) is 0 Å². The van der Waals surface area contributed by atoms with E-state index in [1.165, 1.54) is 25.7 Å². The molecule has 0 unspecified atom stereocenters. The lowest BCUT2D eigenvalue weighted by Gasteiger charge is -2.41. The van der Waals surface area contributed by atoms with E-state index in [0.717, 1.165) is 31.1 Å². The van der Waals surface area contributed by atoms with Crippen molar-refractivity contribution in [2.45, 2.75) is 32.1 Å². The van der Waals surface area contributed by atoms with E-state index in [0.29, 0.717) is 17.4 Å². The molecule has 4 rings (SSSR count). The Morgan fingerprint density at radius 2 is 1.88 bits per heavy atom. The van der Waals surface area contributed by atoms with Crippen molar-refractivity contribution in [1.29, 1.82) is 0 Å². The highest BCUT2D eigenvalue weighted by atomic mass is 16.5. The van der Waals surface area contributed by atoms with E-state index in [2.05, 4.69) is 5.10 Å². The van der Waals surface area contributed by atoms with Gasteiger partial charge in [0.2, 0.25) is 0 Å². The largest absolute Gasteiger partial charge is 0.493 e. The number of rotatable bonds is 3. The number of piperidine rings is 1. The van der Waals surface area contributed by atoms with Crippen LogP contribution in [-0.2, 0) is 0 Å². The van der Waals surface area contributed by atoms with E-state index in [1.54, 1.807) is 18.0 Å². The third-order valence-electron chi connectivity index (χ3n) is 5.70. The molecule has 2 aromatic rings. The van der Waals surface area contributed by atoms with Crippen molar-refractivity contribution >= 4 is 5.91 Å². The molecule has 0 radical (unpaired) electrons. The number of hydrogen-bond donors (Lipinski definition) is 0. The normalized spacial score (nSPS) is 23.2. The number of benzene rings is 1. The van der Waals surface area contributed by atoms with Crippen molar-refractivity contribution in [3.05, 3.63) is 42.2 Å². The van der Waals surface area contributed by atoms with Gasteiger partial charge in [-0.05, 0) is 36.8 Å². The minimum absolute atomic E-state index is 0.00412. The van der Waals surface area contributed by atoms with E-state index in [1.807, 2.05) is 35.2 Å².